The molecule has 0 radical (unpaired) electrons. The van der Waals surface area contributed by atoms with Gasteiger partial charge in [0, 0.05) is 18.0 Å². The first kappa shape index (κ1) is 15.1. The third-order valence-electron chi connectivity index (χ3n) is 3.68. The van der Waals surface area contributed by atoms with Gasteiger partial charge in [0.2, 0.25) is 0 Å². The fourth-order valence-corrected chi connectivity index (χ4v) is 3.05. The lowest BCUT2D eigenvalue weighted by molar-refractivity contribution is -0.138. The van der Waals surface area contributed by atoms with E-state index in [2.05, 4.69) is 0 Å². The monoisotopic (exact) mass is 325 g/mol. The van der Waals surface area contributed by atoms with E-state index in [1.165, 1.54) is 23.5 Å². The Morgan fingerprint density at radius 1 is 1.23 bits per heavy atom. The molecule has 2 nitrogen and oxygen atoms in total. The number of alkyl halides is 3. The van der Waals surface area contributed by atoms with Gasteiger partial charge in [0.15, 0.2) is 0 Å². The van der Waals surface area contributed by atoms with Crippen LogP contribution in [0.2, 0.25) is 0 Å². The van der Waals surface area contributed by atoms with Crippen molar-refractivity contribution in [2.75, 3.05) is 0 Å². The molecule has 1 saturated carbocycles. The molecule has 1 aromatic carbocycles. The molecular weight excluding hydrogens is 311 g/mol. The van der Waals surface area contributed by atoms with Crippen molar-refractivity contribution >= 4 is 17.2 Å². The standard InChI is InChI=1S/C16H14F3NOS/c17-16(18,19)14-4-2-1-3-11(14)9-20(13-5-6-13)15(21)12-7-8-22-10-12/h1-4,7-8,10,13H,5-6,9H2. The number of thiophene rings is 1. The lowest BCUT2D eigenvalue weighted by Crippen LogP contribution is -2.33. The molecule has 1 heterocycles. The molecular formula is C16H14F3NOS. The van der Waals surface area contributed by atoms with Crippen LogP contribution in [0.25, 0.3) is 0 Å². The molecule has 3 rings (SSSR count). The van der Waals surface area contributed by atoms with E-state index in [1.807, 2.05) is 0 Å². The molecule has 1 fully saturated rings. The molecule has 0 spiro atoms. The quantitative estimate of drug-likeness (QED) is 0.806. The minimum atomic E-state index is -4.41. The molecule has 0 aliphatic heterocycles. The molecule has 116 valence electrons. The molecule has 1 aliphatic carbocycles. The summed E-state index contributed by atoms with van der Waals surface area (Å²) in [5.41, 5.74) is 0.0191. The zero-order chi connectivity index (χ0) is 15.7. The Balaban J connectivity index is 1.88. The molecule has 0 atom stereocenters. The molecule has 0 saturated heterocycles. The van der Waals surface area contributed by atoms with Crippen molar-refractivity contribution in [3.63, 3.8) is 0 Å². The van der Waals surface area contributed by atoms with Crippen molar-refractivity contribution in [2.45, 2.75) is 31.6 Å². The van der Waals surface area contributed by atoms with Gasteiger partial charge in [-0.05, 0) is 35.9 Å². The van der Waals surface area contributed by atoms with Crippen LogP contribution in [0, 0.1) is 0 Å². The largest absolute Gasteiger partial charge is 0.416 e. The predicted octanol–water partition coefficient (Wildman–Crippen LogP) is 4.57. The van der Waals surface area contributed by atoms with Gasteiger partial charge in [0.25, 0.3) is 5.91 Å². The highest BCUT2D eigenvalue weighted by Gasteiger charge is 2.37. The van der Waals surface area contributed by atoms with E-state index in [1.54, 1.807) is 27.8 Å². The van der Waals surface area contributed by atoms with Crippen molar-refractivity contribution in [1.29, 1.82) is 0 Å². The van der Waals surface area contributed by atoms with Crippen molar-refractivity contribution in [3.8, 4) is 0 Å². The zero-order valence-corrected chi connectivity index (χ0v) is 12.5. The van der Waals surface area contributed by atoms with Crippen LogP contribution in [-0.4, -0.2) is 16.8 Å². The van der Waals surface area contributed by atoms with Gasteiger partial charge in [-0.1, -0.05) is 18.2 Å². The van der Waals surface area contributed by atoms with Crippen LogP contribution in [0.5, 0.6) is 0 Å². The smallest absolute Gasteiger partial charge is 0.331 e. The summed E-state index contributed by atoms with van der Waals surface area (Å²) in [5.74, 6) is -0.194. The zero-order valence-electron chi connectivity index (χ0n) is 11.6. The average Bonchev–Trinajstić information content (AvgIpc) is 3.17. The summed E-state index contributed by atoms with van der Waals surface area (Å²) in [6.07, 6.45) is -2.70. The van der Waals surface area contributed by atoms with Crippen LogP contribution in [0.1, 0.15) is 34.3 Å². The maximum absolute atomic E-state index is 13.1. The Bertz CT molecular complexity index is 662. The predicted molar refractivity (Wildman–Crippen MR) is 78.7 cm³/mol. The van der Waals surface area contributed by atoms with Gasteiger partial charge in [0.1, 0.15) is 0 Å². The number of halogens is 3. The van der Waals surface area contributed by atoms with Crippen LogP contribution in [0.4, 0.5) is 13.2 Å². The Morgan fingerprint density at radius 3 is 2.55 bits per heavy atom. The van der Waals surface area contributed by atoms with Gasteiger partial charge in [-0.25, -0.2) is 0 Å². The molecule has 2 aromatic rings. The summed E-state index contributed by atoms with van der Waals surface area (Å²) in [7, 11) is 0. The van der Waals surface area contributed by atoms with Gasteiger partial charge in [-0.3, -0.25) is 4.79 Å². The summed E-state index contributed by atoms with van der Waals surface area (Å²) >= 11 is 1.40. The first-order valence-corrected chi connectivity index (χ1v) is 7.89. The number of hydrogen-bond donors (Lipinski definition) is 0. The lowest BCUT2D eigenvalue weighted by atomic mass is 10.1. The summed E-state index contributed by atoms with van der Waals surface area (Å²) in [5, 5.41) is 3.52. The Labute approximate surface area is 130 Å². The molecule has 1 aliphatic rings. The number of rotatable bonds is 4. The van der Waals surface area contributed by atoms with Gasteiger partial charge >= 0.3 is 6.18 Å². The minimum Gasteiger partial charge on any atom is -0.331 e. The molecule has 0 unspecified atom stereocenters. The van der Waals surface area contributed by atoms with E-state index in [9.17, 15) is 18.0 Å². The normalized spacial score (nSPS) is 14.9. The number of carbonyl (C=O) groups excluding carboxylic acids is 1. The van der Waals surface area contributed by atoms with Gasteiger partial charge in [0.05, 0.1) is 11.1 Å². The van der Waals surface area contributed by atoms with Gasteiger partial charge in [-0.2, -0.15) is 24.5 Å². The van der Waals surface area contributed by atoms with Crippen LogP contribution < -0.4 is 0 Å². The summed E-state index contributed by atoms with van der Waals surface area (Å²) in [6, 6.07) is 7.21. The summed E-state index contributed by atoms with van der Waals surface area (Å²) < 4.78 is 39.3. The highest BCUT2D eigenvalue weighted by atomic mass is 32.1. The Kier molecular flexibility index (Phi) is 3.95. The van der Waals surface area contributed by atoms with E-state index in [0.717, 1.165) is 18.9 Å². The Hall–Kier alpha value is -1.82. The molecule has 1 aromatic heterocycles. The second-order valence-corrected chi connectivity index (χ2v) is 6.11. The molecule has 6 heteroatoms. The second kappa shape index (κ2) is 5.76. The average molecular weight is 325 g/mol. The minimum absolute atomic E-state index is 0.00493. The number of benzene rings is 1. The highest BCUT2D eigenvalue weighted by Crippen LogP contribution is 2.35. The third-order valence-corrected chi connectivity index (χ3v) is 4.36. The maximum Gasteiger partial charge on any atom is 0.416 e. The number of amides is 1. The van der Waals surface area contributed by atoms with E-state index in [4.69, 9.17) is 0 Å². The number of nitrogens with zero attached hydrogens (tertiary/aromatic N) is 1. The second-order valence-electron chi connectivity index (χ2n) is 5.33. The maximum atomic E-state index is 13.1. The van der Waals surface area contributed by atoms with Crippen LogP contribution in [-0.2, 0) is 12.7 Å². The van der Waals surface area contributed by atoms with E-state index in [-0.39, 0.29) is 24.1 Å². The van der Waals surface area contributed by atoms with Crippen LogP contribution >= 0.6 is 11.3 Å². The van der Waals surface area contributed by atoms with E-state index < -0.39 is 11.7 Å². The van der Waals surface area contributed by atoms with Gasteiger partial charge in [-0.15, -0.1) is 0 Å². The molecule has 22 heavy (non-hydrogen) atoms. The summed E-state index contributed by atoms with van der Waals surface area (Å²) in [6.45, 7) is -0.00493. The molecule has 0 bridgehead atoms. The van der Waals surface area contributed by atoms with E-state index in [0.29, 0.717) is 5.56 Å². The van der Waals surface area contributed by atoms with Crippen molar-refractivity contribution in [1.82, 2.24) is 4.90 Å². The fourth-order valence-electron chi connectivity index (χ4n) is 2.42. The van der Waals surface area contributed by atoms with E-state index >= 15 is 0 Å². The van der Waals surface area contributed by atoms with Crippen LogP contribution in [0.15, 0.2) is 41.1 Å². The molecule has 0 N–H and O–H groups in total. The Morgan fingerprint density at radius 2 is 1.95 bits per heavy atom. The number of carbonyl (C=O) groups is 1. The SMILES string of the molecule is O=C(c1ccsc1)N(Cc1ccccc1C(F)(F)F)C1CC1. The topological polar surface area (TPSA) is 20.3 Å². The molecule has 1 amide bonds. The highest BCUT2D eigenvalue weighted by molar-refractivity contribution is 7.08. The first-order chi connectivity index (χ1) is 10.5. The van der Waals surface area contributed by atoms with Crippen LogP contribution in [0.3, 0.4) is 0 Å². The van der Waals surface area contributed by atoms with Crippen molar-refractivity contribution in [2.24, 2.45) is 0 Å². The fraction of sp³-hybridized carbons (Fsp3) is 0.312. The van der Waals surface area contributed by atoms with Gasteiger partial charge < -0.3 is 4.90 Å². The lowest BCUT2D eigenvalue weighted by Gasteiger charge is -2.24. The number of hydrogen-bond acceptors (Lipinski definition) is 2. The van der Waals surface area contributed by atoms with Crippen molar-refractivity contribution < 1.29 is 18.0 Å². The first-order valence-electron chi connectivity index (χ1n) is 6.95. The van der Waals surface area contributed by atoms with Crippen molar-refractivity contribution in [3.05, 3.63) is 57.8 Å². The third kappa shape index (κ3) is 3.16. The summed E-state index contributed by atoms with van der Waals surface area (Å²) in [4.78, 5) is 14.1.